The summed E-state index contributed by atoms with van der Waals surface area (Å²) in [5.41, 5.74) is 9.29. The Hall–Kier alpha value is -3.78. The quantitative estimate of drug-likeness (QED) is 0.370. The lowest BCUT2D eigenvalue weighted by molar-refractivity contribution is -0.117. The third kappa shape index (κ3) is 6.81. The van der Waals surface area contributed by atoms with Crippen LogP contribution in [0.5, 0.6) is 0 Å². The number of ether oxygens (including phenoxy) is 1. The number of benzene rings is 2. The van der Waals surface area contributed by atoms with E-state index in [4.69, 9.17) is 10.5 Å². The lowest BCUT2D eigenvalue weighted by Gasteiger charge is -2.33. The van der Waals surface area contributed by atoms with Gasteiger partial charge in [0.15, 0.2) is 0 Å². The van der Waals surface area contributed by atoms with Gasteiger partial charge in [-0.15, -0.1) is 0 Å². The van der Waals surface area contributed by atoms with Crippen LogP contribution in [0.15, 0.2) is 60.8 Å². The summed E-state index contributed by atoms with van der Waals surface area (Å²) in [6.07, 6.45) is 5.10. The van der Waals surface area contributed by atoms with Crippen molar-refractivity contribution in [3.8, 4) is 22.4 Å². The summed E-state index contributed by atoms with van der Waals surface area (Å²) in [5, 5.41) is 3.00. The molecule has 2 aromatic carbocycles. The summed E-state index contributed by atoms with van der Waals surface area (Å²) < 4.78 is 19.8. The molecular formula is C31H37FN4O3. The highest BCUT2D eigenvalue weighted by molar-refractivity contribution is 5.93. The van der Waals surface area contributed by atoms with Gasteiger partial charge in [-0.05, 0) is 63.1 Å². The minimum atomic E-state index is -0.803. The zero-order valence-electron chi connectivity index (χ0n) is 23.0. The zero-order chi connectivity index (χ0) is 28.2. The average molecular weight is 533 g/mol. The van der Waals surface area contributed by atoms with E-state index < -0.39 is 5.54 Å². The first-order valence-electron chi connectivity index (χ1n) is 13.3. The van der Waals surface area contributed by atoms with E-state index in [2.05, 4.69) is 10.3 Å². The van der Waals surface area contributed by atoms with Gasteiger partial charge in [0, 0.05) is 41.7 Å². The second-order valence-corrected chi connectivity index (χ2v) is 10.9. The van der Waals surface area contributed by atoms with Gasteiger partial charge in [0.05, 0.1) is 24.7 Å². The van der Waals surface area contributed by atoms with Gasteiger partial charge in [-0.25, -0.2) is 9.18 Å². The molecule has 8 heteroatoms. The van der Waals surface area contributed by atoms with E-state index in [1.165, 1.54) is 13.2 Å². The number of nitrogens with two attached hydrogens (primary N) is 1. The largest absolute Gasteiger partial charge is 0.453 e. The van der Waals surface area contributed by atoms with Crippen LogP contribution in [0.3, 0.4) is 0 Å². The van der Waals surface area contributed by atoms with Crippen molar-refractivity contribution in [2.75, 3.05) is 19.5 Å². The summed E-state index contributed by atoms with van der Waals surface area (Å²) in [4.78, 5) is 31.0. The third-order valence-electron chi connectivity index (χ3n) is 7.49. The summed E-state index contributed by atoms with van der Waals surface area (Å²) in [5.74, 6) is -0.207. The van der Waals surface area contributed by atoms with E-state index in [1.807, 2.05) is 42.5 Å². The Labute approximate surface area is 229 Å². The number of aromatic nitrogens is 1. The van der Waals surface area contributed by atoms with Crippen LogP contribution < -0.4 is 11.1 Å². The molecule has 1 fully saturated rings. The molecule has 7 nitrogen and oxygen atoms in total. The molecule has 1 saturated carbocycles. The summed E-state index contributed by atoms with van der Waals surface area (Å²) in [7, 11) is 3.14. The fourth-order valence-electron chi connectivity index (χ4n) is 5.29. The van der Waals surface area contributed by atoms with E-state index in [-0.39, 0.29) is 29.8 Å². The van der Waals surface area contributed by atoms with Gasteiger partial charge in [0.25, 0.3) is 0 Å². The molecule has 0 spiro atoms. The molecule has 0 radical (unpaired) electrons. The molecule has 1 aliphatic carbocycles. The fourth-order valence-corrected chi connectivity index (χ4v) is 5.29. The Morgan fingerprint density at radius 3 is 2.38 bits per heavy atom. The number of pyridine rings is 1. The van der Waals surface area contributed by atoms with Crippen LogP contribution in [-0.4, -0.2) is 42.1 Å². The van der Waals surface area contributed by atoms with Crippen LogP contribution in [0.4, 0.5) is 14.9 Å². The highest BCUT2D eigenvalue weighted by atomic mass is 19.1. The molecule has 0 bridgehead atoms. The zero-order valence-corrected chi connectivity index (χ0v) is 23.0. The van der Waals surface area contributed by atoms with E-state index in [9.17, 15) is 14.0 Å². The lowest BCUT2D eigenvalue weighted by atomic mass is 9.83. The minimum absolute atomic E-state index is 0.0751. The van der Waals surface area contributed by atoms with E-state index >= 15 is 0 Å². The molecule has 1 aromatic heterocycles. The standard InChI is InChI=1S/C31H37FN4O3/c1-31(2,33)26-15-12-22(17-27(26)32)29-25(21-8-6-5-7-9-21)18-23(19-34-29)35-28(37)16-20-10-13-24(14-11-20)36(3)30(38)39-4/h5-9,12,15,17-20,24H,10-11,13-14,16,33H2,1-4H3,(H,35,37). The molecule has 0 aliphatic heterocycles. The normalized spacial score (nSPS) is 17.4. The molecule has 1 heterocycles. The number of carbonyl (C=O) groups excluding carboxylic acids is 2. The van der Waals surface area contributed by atoms with Crippen LogP contribution in [-0.2, 0) is 15.1 Å². The van der Waals surface area contributed by atoms with Crippen LogP contribution in [0.1, 0.15) is 51.5 Å². The highest BCUT2D eigenvalue weighted by Gasteiger charge is 2.28. The van der Waals surface area contributed by atoms with Gasteiger partial charge >= 0.3 is 6.09 Å². The predicted octanol–water partition coefficient (Wildman–Crippen LogP) is 6.33. The van der Waals surface area contributed by atoms with Gasteiger partial charge < -0.3 is 20.7 Å². The second kappa shape index (κ2) is 11.9. The van der Waals surface area contributed by atoms with Crippen LogP contribution in [0, 0.1) is 11.7 Å². The van der Waals surface area contributed by atoms with Crippen molar-refractivity contribution in [3.05, 3.63) is 72.2 Å². The van der Waals surface area contributed by atoms with Gasteiger partial charge in [-0.3, -0.25) is 9.78 Å². The molecule has 0 atom stereocenters. The van der Waals surface area contributed by atoms with E-state index in [1.54, 1.807) is 38.1 Å². The Balaban J connectivity index is 1.50. The van der Waals surface area contributed by atoms with Crippen LogP contribution in [0.2, 0.25) is 0 Å². The molecule has 39 heavy (non-hydrogen) atoms. The molecule has 0 saturated heterocycles. The number of amides is 2. The number of hydrogen-bond donors (Lipinski definition) is 2. The number of nitrogens with one attached hydrogen (secondary N) is 1. The SMILES string of the molecule is COC(=O)N(C)C1CCC(CC(=O)Nc2cnc(-c3ccc(C(C)(C)N)c(F)c3)c(-c3ccccc3)c2)CC1. The van der Waals surface area contributed by atoms with Gasteiger partial charge in [-0.2, -0.15) is 0 Å². The molecule has 0 unspecified atom stereocenters. The maximum absolute atomic E-state index is 15.0. The minimum Gasteiger partial charge on any atom is -0.453 e. The maximum Gasteiger partial charge on any atom is 0.409 e. The van der Waals surface area contributed by atoms with Crippen molar-refractivity contribution < 1.29 is 18.7 Å². The summed E-state index contributed by atoms with van der Waals surface area (Å²) in [6.45, 7) is 3.53. The van der Waals surface area contributed by atoms with Crippen LogP contribution in [0.25, 0.3) is 22.4 Å². The lowest BCUT2D eigenvalue weighted by Crippen LogP contribution is -2.39. The monoisotopic (exact) mass is 532 g/mol. The predicted molar refractivity (Wildman–Crippen MR) is 151 cm³/mol. The number of hydrogen-bond acceptors (Lipinski definition) is 5. The smallest absolute Gasteiger partial charge is 0.409 e. The first-order chi connectivity index (χ1) is 18.6. The molecule has 1 aliphatic rings. The number of halogens is 1. The molecular weight excluding hydrogens is 495 g/mol. The van der Waals surface area contributed by atoms with Crippen molar-refractivity contribution in [1.82, 2.24) is 9.88 Å². The topological polar surface area (TPSA) is 97.5 Å². The molecule has 4 rings (SSSR count). The fraction of sp³-hybridized carbons (Fsp3) is 0.387. The van der Waals surface area contributed by atoms with Crippen molar-refractivity contribution in [2.45, 2.75) is 57.5 Å². The third-order valence-corrected chi connectivity index (χ3v) is 7.49. The maximum atomic E-state index is 15.0. The van der Waals surface area contributed by atoms with Crippen molar-refractivity contribution in [1.29, 1.82) is 0 Å². The van der Waals surface area contributed by atoms with Gasteiger partial charge in [0.2, 0.25) is 5.91 Å². The first-order valence-corrected chi connectivity index (χ1v) is 13.3. The molecule has 2 amide bonds. The number of nitrogens with zero attached hydrogens (tertiary/aromatic N) is 2. The summed E-state index contributed by atoms with van der Waals surface area (Å²) in [6, 6.07) is 16.7. The molecule has 3 aromatic rings. The van der Waals surface area contributed by atoms with Crippen molar-refractivity contribution in [2.24, 2.45) is 11.7 Å². The van der Waals surface area contributed by atoms with Gasteiger partial charge in [0.1, 0.15) is 5.82 Å². The second-order valence-electron chi connectivity index (χ2n) is 10.9. The number of anilines is 1. The molecule has 206 valence electrons. The number of carbonyl (C=O) groups is 2. The Morgan fingerprint density at radius 1 is 1.08 bits per heavy atom. The average Bonchev–Trinajstić information content (AvgIpc) is 2.92. The van der Waals surface area contributed by atoms with E-state index in [0.29, 0.717) is 28.9 Å². The van der Waals surface area contributed by atoms with Crippen LogP contribution >= 0.6 is 0 Å². The van der Waals surface area contributed by atoms with Gasteiger partial charge in [-0.1, -0.05) is 42.5 Å². The highest BCUT2D eigenvalue weighted by Crippen LogP contribution is 2.35. The number of methoxy groups -OCH3 is 1. The Bertz CT molecular complexity index is 1320. The van der Waals surface area contributed by atoms with Crippen molar-refractivity contribution in [3.63, 3.8) is 0 Å². The number of rotatable bonds is 7. The first kappa shape index (κ1) is 28.2. The Morgan fingerprint density at radius 2 is 1.77 bits per heavy atom. The summed E-state index contributed by atoms with van der Waals surface area (Å²) >= 11 is 0. The van der Waals surface area contributed by atoms with Crippen molar-refractivity contribution >= 4 is 17.7 Å². The van der Waals surface area contributed by atoms with E-state index in [0.717, 1.165) is 36.8 Å². The molecule has 3 N–H and O–H groups in total. The Kier molecular flexibility index (Phi) is 8.65.